The number of aromatic nitrogens is 2. The van der Waals surface area contributed by atoms with Crippen molar-refractivity contribution in [1.82, 2.24) is 20.8 Å². The first-order chi connectivity index (χ1) is 9.37. The van der Waals surface area contributed by atoms with Gasteiger partial charge in [0.05, 0.1) is 26.3 Å². The zero-order valence-electron chi connectivity index (χ0n) is 12.3. The molecular formula is C12H20N4O4. The second-order valence-corrected chi connectivity index (χ2v) is 4.85. The first-order valence-corrected chi connectivity index (χ1v) is 6.01. The number of hydrazine groups is 1. The predicted molar refractivity (Wildman–Crippen MR) is 71.3 cm³/mol. The maximum absolute atomic E-state index is 11.5. The van der Waals surface area contributed by atoms with Crippen molar-refractivity contribution < 1.29 is 19.0 Å². The first-order valence-electron chi connectivity index (χ1n) is 6.01. The molecule has 0 radical (unpaired) electrons. The molecule has 112 valence electrons. The fourth-order valence-corrected chi connectivity index (χ4v) is 1.39. The van der Waals surface area contributed by atoms with Crippen LogP contribution in [-0.2, 0) is 11.3 Å². The smallest absolute Gasteiger partial charge is 0.422 e. The van der Waals surface area contributed by atoms with Crippen LogP contribution < -0.4 is 20.3 Å². The third-order valence-electron chi connectivity index (χ3n) is 2.11. The van der Waals surface area contributed by atoms with E-state index in [1.165, 1.54) is 20.5 Å². The maximum Gasteiger partial charge on any atom is 0.422 e. The number of hydrogen-bond donors (Lipinski definition) is 2. The lowest BCUT2D eigenvalue weighted by Crippen LogP contribution is -2.40. The van der Waals surface area contributed by atoms with Gasteiger partial charge in [0.25, 0.3) is 0 Å². The number of carbonyl (C=O) groups is 1. The molecule has 20 heavy (non-hydrogen) atoms. The molecule has 8 heteroatoms. The van der Waals surface area contributed by atoms with Crippen molar-refractivity contribution in [3.8, 4) is 11.8 Å². The summed E-state index contributed by atoms with van der Waals surface area (Å²) in [5, 5.41) is 0. The molecule has 1 aromatic heterocycles. The van der Waals surface area contributed by atoms with Crippen LogP contribution in [0.25, 0.3) is 0 Å². The number of hydrogen-bond acceptors (Lipinski definition) is 7. The number of nitrogens with one attached hydrogen (secondary N) is 2. The van der Waals surface area contributed by atoms with Gasteiger partial charge in [0.15, 0.2) is 0 Å². The molecule has 1 heterocycles. The topological polar surface area (TPSA) is 94.6 Å². The van der Waals surface area contributed by atoms with Gasteiger partial charge in [0.1, 0.15) is 11.9 Å². The zero-order valence-corrected chi connectivity index (χ0v) is 12.3. The Bertz CT molecular complexity index is 437. The van der Waals surface area contributed by atoms with Crippen LogP contribution in [0.3, 0.4) is 0 Å². The monoisotopic (exact) mass is 284 g/mol. The molecule has 0 aromatic carbocycles. The summed E-state index contributed by atoms with van der Waals surface area (Å²) in [6.45, 7) is 5.57. The van der Waals surface area contributed by atoms with E-state index in [9.17, 15) is 4.79 Å². The van der Waals surface area contributed by atoms with Gasteiger partial charge in [0, 0.05) is 0 Å². The molecule has 0 bridgehead atoms. The van der Waals surface area contributed by atoms with Crippen LogP contribution in [0, 0.1) is 0 Å². The SMILES string of the molecule is COc1ncnc(OC)c1CNNC(=O)OC(C)(C)C. The lowest BCUT2D eigenvalue weighted by atomic mass is 10.2. The average molecular weight is 284 g/mol. The van der Waals surface area contributed by atoms with Gasteiger partial charge in [-0.15, -0.1) is 0 Å². The van der Waals surface area contributed by atoms with Crippen molar-refractivity contribution in [1.29, 1.82) is 0 Å². The van der Waals surface area contributed by atoms with Crippen molar-refractivity contribution in [2.75, 3.05) is 14.2 Å². The van der Waals surface area contributed by atoms with Gasteiger partial charge in [-0.3, -0.25) is 5.43 Å². The fraction of sp³-hybridized carbons (Fsp3) is 0.583. The molecule has 0 unspecified atom stereocenters. The molecule has 0 aliphatic carbocycles. The van der Waals surface area contributed by atoms with E-state index in [0.717, 1.165) is 0 Å². The highest BCUT2D eigenvalue weighted by Crippen LogP contribution is 2.22. The Labute approximate surface area is 117 Å². The van der Waals surface area contributed by atoms with Crippen molar-refractivity contribution in [2.24, 2.45) is 0 Å². The van der Waals surface area contributed by atoms with Gasteiger partial charge in [0.2, 0.25) is 11.8 Å². The Morgan fingerprint density at radius 3 is 2.20 bits per heavy atom. The highest BCUT2D eigenvalue weighted by molar-refractivity contribution is 5.67. The summed E-state index contributed by atoms with van der Waals surface area (Å²) in [5.74, 6) is 0.741. The minimum Gasteiger partial charge on any atom is -0.481 e. The number of methoxy groups -OCH3 is 2. The number of rotatable bonds is 5. The van der Waals surface area contributed by atoms with E-state index in [2.05, 4.69) is 20.8 Å². The predicted octanol–water partition coefficient (Wildman–Crippen LogP) is 1.02. The highest BCUT2D eigenvalue weighted by Gasteiger charge is 2.17. The van der Waals surface area contributed by atoms with E-state index >= 15 is 0 Å². The summed E-state index contributed by atoms with van der Waals surface area (Å²) in [4.78, 5) is 19.4. The molecule has 0 fully saturated rings. The maximum atomic E-state index is 11.5. The highest BCUT2D eigenvalue weighted by atomic mass is 16.6. The minimum atomic E-state index is -0.577. The van der Waals surface area contributed by atoms with E-state index in [-0.39, 0.29) is 6.54 Å². The van der Waals surface area contributed by atoms with Gasteiger partial charge in [-0.2, -0.15) is 0 Å². The molecular weight excluding hydrogens is 264 g/mol. The summed E-state index contributed by atoms with van der Waals surface area (Å²) in [6.07, 6.45) is 0.759. The van der Waals surface area contributed by atoms with E-state index < -0.39 is 11.7 Å². The summed E-state index contributed by atoms with van der Waals surface area (Å²) in [7, 11) is 2.99. The molecule has 0 spiro atoms. The Morgan fingerprint density at radius 1 is 1.20 bits per heavy atom. The van der Waals surface area contributed by atoms with Crippen LogP contribution in [0.15, 0.2) is 6.33 Å². The first kappa shape index (κ1) is 16.0. The van der Waals surface area contributed by atoms with Gasteiger partial charge in [-0.1, -0.05) is 0 Å². The molecule has 1 aromatic rings. The molecule has 0 atom stereocenters. The number of carbonyl (C=O) groups excluding carboxylic acids is 1. The van der Waals surface area contributed by atoms with Crippen molar-refractivity contribution in [3.63, 3.8) is 0 Å². The largest absolute Gasteiger partial charge is 0.481 e. The molecule has 1 rings (SSSR count). The molecule has 0 saturated heterocycles. The summed E-state index contributed by atoms with van der Waals surface area (Å²) >= 11 is 0. The number of ether oxygens (including phenoxy) is 3. The Kier molecular flexibility index (Phi) is 5.51. The third kappa shape index (κ3) is 4.88. The lowest BCUT2D eigenvalue weighted by molar-refractivity contribution is 0.0496. The van der Waals surface area contributed by atoms with Crippen LogP contribution in [0.1, 0.15) is 26.3 Å². The number of nitrogens with zero attached hydrogens (tertiary/aromatic N) is 2. The van der Waals surface area contributed by atoms with Crippen LogP contribution in [0.4, 0.5) is 4.79 Å². The lowest BCUT2D eigenvalue weighted by Gasteiger charge is -2.20. The molecule has 2 N–H and O–H groups in total. The van der Waals surface area contributed by atoms with Gasteiger partial charge >= 0.3 is 6.09 Å². The average Bonchev–Trinajstić information content (AvgIpc) is 2.36. The standard InChI is InChI=1S/C12H20N4O4/c1-12(2,3)20-11(17)16-15-6-8-9(18-4)13-7-14-10(8)19-5/h7,15H,6H2,1-5H3,(H,16,17). The van der Waals surface area contributed by atoms with Gasteiger partial charge in [-0.05, 0) is 20.8 Å². The van der Waals surface area contributed by atoms with Gasteiger partial charge in [-0.25, -0.2) is 20.2 Å². The quantitative estimate of drug-likeness (QED) is 0.779. The van der Waals surface area contributed by atoms with Crippen molar-refractivity contribution >= 4 is 6.09 Å². The normalized spacial score (nSPS) is 10.8. The summed E-state index contributed by atoms with van der Waals surface area (Å²) < 4.78 is 15.3. The third-order valence-corrected chi connectivity index (χ3v) is 2.11. The molecule has 0 aliphatic heterocycles. The Hall–Kier alpha value is -2.09. The second-order valence-electron chi connectivity index (χ2n) is 4.85. The van der Waals surface area contributed by atoms with E-state index in [1.54, 1.807) is 20.8 Å². The Morgan fingerprint density at radius 2 is 1.75 bits per heavy atom. The molecule has 0 aliphatic rings. The zero-order chi connectivity index (χ0) is 15.2. The second kappa shape index (κ2) is 6.90. The van der Waals surface area contributed by atoms with Crippen molar-refractivity contribution in [3.05, 3.63) is 11.9 Å². The van der Waals surface area contributed by atoms with Gasteiger partial charge < -0.3 is 14.2 Å². The van der Waals surface area contributed by atoms with E-state index in [4.69, 9.17) is 14.2 Å². The molecule has 0 saturated carbocycles. The van der Waals surface area contributed by atoms with Crippen molar-refractivity contribution in [2.45, 2.75) is 32.9 Å². The molecule has 8 nitrogen and oxygen atoms in total. The summed E-state index contributed by atoms with van der Waals surface area (Å²) in [5.41, 5.74) is 5.15. The minimum absolute atomic E-state index is 0.229. The van der Waals surface area contributed by atoms with Crippen LogP contribution in [-0.4, -0.2) is 35.9 Å². The van der Waals surface area contributed by atoms with Crippen LogP contribution in [0.2, 0.25) is 0 Å². The van der Waals surface area contributed by atoms with E-state index in [0.29, 0.717) is 17.3 Å². The fourth-order valence-electron chi connectivity index (χ4n) is 1.39. The number of amides is 1. The van der Waals surface area contributed by atoms with E-state index in [1.807, 2.05) is 0 Å². The van der Waals surface area contributed by atoms with Crippen LogP contribution >= 0.6 is 0 Å². The summed E-state index contributed by atoms with van der Waals surface area (Å²) in [6, 6.07) is 0. The van der Waals surface area contributed by atoms with Crippen LogP contribution in [0.5, 0.6) is 11.8 Å². The Balaban J connectivity index is 2.60. The molecule has 1 amide bonds.